The minimum Gasteiger partial charge on any atom is -0.466 e. The van der Waals surface area contributed by atoms with Gasteiger partial charge in [0.15, 0.2) is 0 Å². The first-order valence-electron chi connectivity index (χ1n) is 34.3. The van der Waals surface area contributed by atoms with Crippen LogP contribution < -0.4 is 5.32 Å². The van der Waals surface area contributed by atoms with Gasteiger partial charge in [-0.25, -0.2) is 0 Å². The van der Waals surface area contributed by atoms with Crippen LogP contribution in [0.4, 0.5) is 0 Å². The number of unbranched alkanes of at least 4 members (excludes halogenated alkanes) is 49. The molecule has 0 rings (SSSR count). The van der Waals surface area contributed by atoms with Crippen LogP contribution in [0, 0.1) is 0 Å². The standard InChI is InChI=1S/C70H133NO5/c1-3-5-7-9-11-13-15-17-19-21-23-24-25-26-27-28-30-34-38-42-46-50-54-58-62-68(73)67(66-72)71-69(74)63-59-55-51-47-43-39-35-31-29-33-37-41-45-49-53-57-61-65-76-70(75)64-60-56-52-48-44-40-36-32-22-20-18-16-14-12-10-8-6-4-2/h20,22,29,33,58,62,67-68,72-73H,3-19,21,23-28,30-32,34-57,59-61,63-66H2,1-2H3,(H,71,74)/b22-20-,33-29-,62-58+. The van der Waals surface area contributed by atoms with Crippen molar-refractivity contribution in [1.29, 1.82) is 0 Å². The molecule has 0 aromatic heterocycles. The van der Waals surface area contributed by atoms with E-state index in [0.717, 1.165) is 57.8 Å². The second-order valence-electron chi connectivity index (χ2n) is 23.5. The largest absolute Gasteiger partial charge is 0.466 e. The maximum absolute atomic E-state index is 12.5. The molecular weight excluding hydrogens is 935 g/mol. The summed E-state index contributed by atoms with van der Waals surface area (Å²) in [6.45, 7) is 4.91. The quantitative estimate of drug-likeness (QED) is 0.0320. The fraction of sp³-hybridized carbons (Fsp3) is 0.886. The van der Waals surface area contributed by atoms with E-state index < -0.39 is 12.1 Å². The Morgan fingerprint density at radius 1 is 0.355 bits per heavy atom. The summed E-state index contributed by atoms with van der Waals surface area (Å²) in [6, 6.07) is -0.639. The van der Waals surface area contributed by atoms with E-state index in [9.17, 15) is 19.8 Å². The number of esters is 1. The molecule has 3 N–H and O–H groups in total. The summed E-state index contributed by atoms with van der Waals surface area (Å²) in [4.78, 5) is 24.6. The van der Waals surface area contributed by atoms with Crippen molar-refractivity contribution in [3.05, 3.63) is 36.5 Å². The van der Waals surface area contributed by atoms with E-state index in [1.807, 2.05) is 6.08 Å². The zero-order valence-corrected chi connectivity index (χ0v) is 51.3. The molecule has 0 spiro atoms. The lowest BCUT2D eigenvalue weighted by Crippen LogP contribution is -2.45. The van der Waals surface area contributed by atoms with Crippen LogP contribution >= 0.6 is 0 Å². The first kappa shape index (κ1) is 74.1. The van der Waals surface area contributed by atoms with Gasteiger partial charge in [0.2, 0.25) is 5.91 Å². The number of rotatable bonds is 64. The van der Waals surface area contributed by atoms with Crippen LogP contribution in [0.5, 0.6) is 0 Å². The van der Waals surface area contributed by atoms with Gasteiger partial charge < -0.3 is 20.3 Å². The fourth-order valence-electron chi connectivity index (χ4n) is 10.6. The van der Waals surface area contributed by atoms with Gasteiger partial charge >= 0.3 is 5.97 Å². The first-order valence-corrected chi connectivity index (χ1v) is 34.3. The van der Waals surface area contributed by atoms with Crippen molar-refractivity contribution in [3.63, 3.8) is 0 Å². The number of aliphatic hydroxyl groups excluding tert-OH is 2. The molecule has 0 aliphatic carbocycles. The summed E-state index contributed by atoms with van der Waals surface area (Å²) in [5.74, 6) is -0.0816. The molecule has 0 aromatic carbocycles. The molecule has 0 heterocycles. The van der Waals surface area contributed by atoms with Crippen LogP contribution in [0.1, 0.15) is 373 Å². The predicted molar refractivity (Wildman–Crippen MR) is 333 cm³/mol. The number of allylic oxidation sites excluding steroid dienone is 5. The van der Waals surface area contributed by atoms with Crippen LogP contribution in [0.25, 0.3) is 0 Å². The second kappa shape index (κ2) is 65.6. The monoisotopic (exact) mass is 1070 g/mol. The smallest absolute Gasteiger partial charge is 0.305 e. The summed E-state index contributed by atoms with van der Waals surface area (Å²) in [5, 5.41) is 23.2. The van der Waals surface area contributed by atoms with E-state index in [1.165, 1.54) is 289 Å². The van der Waals surface area contributed by atoms with Gasteiger partial charge in [-0.3, -0.25) is 9.59 Å². The normalized spacial score (nSPS) is 12.7. The van der Waals surface area contributed by atoms with Crippen LogP contribution in [0.15, 0.2) is 36.5 Å². The van der Waals surface area contributed by atoms with Gasteiger partial charge in [0, 0.05) is 12.8 Å². The summed E-state index contributed by atoms with van der Waals surface area (Å²) < 4.78 is 5.49. The maximum atomic E-state index is 12.5. The van der Waals surface area contributed by atoms with E-state index in [2.05, 4.69) is 43.5 Å². The lowest BCUT2D eigenvalue weighted by atomic mass is 10.0. The minimum absolute atomic E-state index is 0.00495. The van der Waals surface area contributed by atoms with Crippen molar-refractivity contribution in [2.24, 2.45) is 0 Å². The van der Waals surface area contributed by atoms with Gasteiger partial charge in [-0.2, -0.15) is 0 Å². The van der Waals surface area contributed by atoms with Gasteiger partial charge in [-0.1, -0.05) is 314 Å². The molecule has 6 heteroatoms. The summed E-state index contributed by atoms with van der Waals surface area (Å²) in [5.41, 5.74) is 0. The molecule has 0 radical (unpaired) electrons. The topological polar surface area (TPSA) is 95.9 Å². The number of amides is 1. The molecule has 2 unspecified atom stereocenters. The second-order valence-corrected chi connectivity index (χ2v) is 23.5. The van der Waals surface area contributed by atoms with Crippen LogP contribution in [0.3, 0.4) is 0 Å². The molecular formula is C70H133NO5. The zero-order valence-electron chi connectivity index (χ0n) is 51.3. The highest BCUT2D eigenvalue weighted by atomic mass is 16.5. The first-order chi connectivity index (χ1) is 37.5. The van der Waals surface area contributed by atoms with E-state index in [1.54, 1.807) is 6.08 Å². The molecule has 0 bridgehead atoms. The van der Waals surface area contributed by atoms with E-state index >= 15 is 0 Å². The highest BCUT2D eigenvalue weighted by Gasteiger charge is 2.18. The molecule has 448 valence electrons. The van der Waals surface area contributed by atoms with Crippen LogP contribution in [0.2, 0.25) is 0 Å². The molecule has 1 amide bonds. The number of carbonyl (C=O) groups excluding carboxylic acids is 2. The molecule has 0 saturated carbocycles. The molecule has 0 aliphatic rings. The Balaban J connectivity index is 3.47. The SMILES string of the molecule is CCCCCCCCC/C=C\CCCCCCCCCC(=O)OCCCCCCCC/C=C\CCCCCCCCCC(=O)NC(CO)C(O)/C=C/CCCCCCCCCCCCCCCCCCCCCCCC. The maximum Gasteiger partial charge on any atom is 0.305 e. The van der Waals surface area contributed by atoms with Crippen molar-refractivity contribution >= 4 is 11.9 Å². The van der Waals surface area contributed by atoms with Crippen molar-refractivity contribution in [2.75, 3.05) is 13.2 Å². The number of hydrogen-bond acceptors (Lipinski definition) is 5. The highest BCUT2D eigenvalue weighted by Crippen LogP contribution is 2.18. The Hall–Kier alpha value is -1.92. The van der Waals surface area contributed by atoms with Gasteiger partial charge in [-0.05, 0) is 83.5 Å². The number of aliphatic hydroxyl groups is 2. The van der Waals surface area contributed by atoms with Crippen molar-refractivity contribution in [3.8, 4) is 0 Å². The number of nitrogens with one attached hydrogen (secondary N) is 1. The zero-order chi connectivity index (χ0) is 55.0. The van der Waals surface area contributed by atoms with E-state index in [0.29, 0.717) is 19.4 Å². The third-order valence-electron chi connectivity index (χ3n) is 15.9. The molecule has 0 fully saturated rings. The average molecular weight is 1070 g/mol. The van der Waals surface area contributed by atoms with Crippen molar-refractivity contribution in [1.82, 2.24) is 5.32 Å². The molecule has 0 saturated heterocycles. The third kappa shape index (κ3) is 61.3. The fourth-order valence-corrected chi connectivity index (χ4v) is 10.6. The molecule has 6 nitrogen and oxygen atoms in total. The summed E-state index contributed by atoms with van der Waals surface area (Å²) in [6.07, 6.45) is 83.5. The Bertz CT molecular complexity index is 1230. The molecule has 2 atom stereocenters. The third-order valence-corrected chi connectivity index (χ3v) is 15.9. The van der Waals surface area contributed by atoms with E-state index in [4.69, 9.17) is 4.74 Å². The molecule has 0 aromatic rings. The Morgan fingerprint density at radius 2 is 0.618 bits per heavy atom. The van der Waals surface area contributed by atoms with Crippen molar-refractivity contribution in [2.45, 2.75) is 386 Å². The summed E-state index contributed by atoms with van der Waals surface area (Å²) in [7, 11) is 0. The highest BCUT2D eigenvalue weighted by molar-refractivity contribution is 5.76. The minimum atomic E-state index is -0.854. The molecule has 76 heavy (non-hydrogen) atoms. The predicted octanol–water partition coefficient (Wildman–Crippen LogP) is 21.9. The van der Waals surface area contributed by atoms with Crippen molar-refractivity contribution < 1.29 is 24.5 Å². The number of carbonyl (C=O) groups is 2. The number of hydrogen-bond donors (Lipinski definition) is 3. The van der Waals surface area contributed by atoms with Gasteiger partial charge in [0.1, 0.15) is 0 Å². The Labute approximate surface area is 474 Å². The van der Waals surface area contributed by atoms with Gasteiger partial charge in [0.05, 0.1) is 25.4 Å². The molecule has 0 aliphatic heterocycles. The lowest BCUT2D eigenvalue weighted by molar-refractivity contribution is -0.143. The van der Waals surface area contributed by atoms with Gasteiger partial charge in [-0.15, -0.1) is 0 Å². The number of ether oxygens (including phenoxy) is 1. The Kier molecular flexibility index (Phi) is 63.9. The Morgan fingerprint density at radius 3 is 0.934 bits per heavy atom. The van der Waals surface area contributed by atoms with Gasteiger partial charge in [0.25, 0.3) is 0 Å². The lowest BCUT2D eigenvalue weighted by Gasteiger charge is -2.20. The van der Waals surface area contributed by atoms with Crippen LogP contribution in [-0.2, 0) is 14.3 Å². The summed E-state index contributed by atoms with van der Waals surface area (Å²) >= 11 is 0. The van der Waals surface area contributed by atoms with E-state index in [-0.39, 0.29) is 18.5 Å². The average Bonchev–Trinajstić information content (AvgIpc) is 3.42. The van der Waals surface area contributed by atoms with Crippen LogP contribution in [-0.4, -0.2) is 47.4 Å².